The highest BCUT2D eigenvalue weighted by Crippen LogP contribution is 2.28. The molecule has 1 aromatic heterocycles. The summed E-state index contributed by atoms with van der Waals surface area (Å²) in [5, 5.41) is 10.4. The predicted octanol–water partition coefficient (Wildman–Crippen LogP) is 4.57. The topological polar surface area (TPSA) is 28.7 Å². The molecule has 0 unspecified atom stereocenters. The molecule has 0 bridgehead atoms. The lowest BCUT2D eigenvalue weighted by atomic mass is 10.1. The van der Waals surface area contributed by atoms with Crippen LogP contribution in [0.15, 0.2) is 53.0 Å². The van der Waals surface area contributed by atoms with Crippen molar-refractivity contribution in [2.75, 3.05) is 0 Å². The number of para-hydroxylation sites is 1. The minimum Gasteiger partial charge on any atom is -0.313 e. The van der Waals surface area contributed by atoms with Gasteiger partial charge in [0.15, 0.2) is 0 Å². The van der Waals surface area contributed by atoms with Crippen molar-refractivity contribution in [3.63, 3.8) is 0 Å². The number of halogens is 1. The zero-order valence-corrected chi connectivity index (χ0v) is 12.0. The van der Waals surface area contributed by atoms with Crippen LogP contribution in [0.3, 0.4) is 0 Å². The Morgan fingerprint density at radius 1 is 1.05 bits per heavy atom. The normalized spacial score (nSPS) is 10.6. The van der Waals surface area contributed by atoms with Gasteiger partial charge in [-0.05, 0) is 37.3 Å². The van der Waals surface area contributed by atoms with E-state index in [-0.39, 0.29) is 0 Å². The highest BCUT2D eigenvalue weighted by atomic mass is 79.9. The first-order valence-electron chi connectivity index (χ1n) is 5.98. The Balaban J connectivity index is 2.38. The molecule has 2 nitrogen and oxygen atoms in total. The van der Waals surface area contributed by atoms with Crippen molar-refractivity contribution in [2.45, 2.75) is 6.92 Å². The quantitative estimate of drug-likeness (QED) is 0.647. The van der Waals surface area contributed by atoms with Crippen LogP contribution in [0.2, 0.25) is 0 Å². The van der Waals surface area contributed by atoms with Gasteiger partial charge in [-0.15, -0.1) is 0 Å². The van der Waals surface area contributed by atoms with Crippen LogP contribution in [0, 0.1) is 18.3 Å². The van der Waals surface area contributed by atoms with Crippen molar-refractivity contribution in [1.29, 1.82) is 5.26 Å². The summed E-state index contributed by atoms with van der Waals surface area (Å²) < 4.78 is 3.17. The maximum Gasteiger partial charge on any atom is 0.102 e. The van der Waals surface area contributed by atoms with E-state index in [2.05, 4.69) is 26.6 Å². The predicted molar refractivity (Wildman–Crippen MR) is 80.4 cm³/mol. The van der Waals surface area contributed by atoms with E-state index in [9.17, 15) is 5.26 Å². The van der Waals surface area contributed by atoms with Crippen LogP contribution in [-0.2, 0) is 0 Å². The van der Waals surface area contributed by atoms with Crippen molar-refractivity contribution < 1.29 is 0 Å². The molecule has 3 aromatic rings. The zero-order chi connectivity index (χ0) is 13.4. The summed E-state index contributed by atoms with van der Waals surface area (Å²) in [6.45, 7) is 1.99. The van der Waals surface area contributed by atoms with Gasteiger partial charge in [0.1, 0.15) is 6.07 Å². The van der Waals surface area contributed by atoms with Crippen LogP contribution in [0.5, 0.6) is 0 Å². The van der Waals surface area contributed by atoms with Crippen LogP contribution in [0.1, 0.15) is 11.3 Å². The number of benzene rings is 2. The molecule has 0 aliphatic carbocycles. The van der Waals surface area contributed by atoms with Gasteiger partial charge in [-0.1, -0.05) is 34.1 Å². The summed E-state index contributed by atoms with van der Waals surface area (Å²) in [6.07, 6.45) is 0. The number of rotatable bonds is 1. The first-order valence-corrected chi connectivity index (χ1v) is 6.78. The molecular formula is C16H11BrN2. The van der Waals surface area contributed by atoms with Crippen molar-refractivity contribution in [3.05, 3.63) is 64.3 Å². The lowest BCUT2D eigenvalue weighted by molar-refractivity contribution is 1.05. The molecule has 3 heteroatoms. The molecule has 0 N–H and O–H groups in total. The molecule has 0 fully saturated rings. The maximum atomic E-state index is 9.35. The number of hydrogen-bond donors (Lipinski definition) is 0. The van der Waals surface area contributed by atoms with E-state index in [1.807, 2.05) is 55.5 Å². The van der Waals surface area contributed by atoms with Gasteiger partial charge in [-0.25, -0.2) is 0 Å². The van der Waals surface area contributed by atoms with E-state index in [0.717, 1.165) is 32.3 Å². The SMILES string of the molecule is Cc1c(C#N)c2ccccc2n1-c1ccc(Br)cc1. The number of aromatic nitrogens is 1. The second-order valence-corrected chi connectivity index (χ2v) is 5.32. The van der Waals surface area contributed by atoms with E-state index in [4.69, 9.17) is 0 Å². The Morgan fingerprint density at radius 3 is 2.42 bits per heavy atom. The molecule has 0 saturated heterocycles. The van der Waals surface area contributed by atoms with E-state index in [0.29, 0.717) is 0 Å². The van der Waals surface area contributed by atoms with Crippen LogP contribution in [0.4, 0.5) is 0 Å². The van der Waals surface area contributed by atoms with Gasteiger partial charge in [0, 0.05) is 21.2 Å². The number of hydrogen-bond acceptors (Lipinski definition) is 1. The van der Waals surface area contributed by atoms with Gasteiger partial charge in [0.2, 0.25) is 0 Å². The van der Waals surface area contributed by atoms with Crippen molar-refractivity contribution in [1.82, 2.24) is 4.57 Å². The summed E-state index contributed by atoms with van der Waals surface area (Å²) in [5.41, 5.74) is 3.86. The van der Waals surface area contributed by atoms with Crippen LogP contribution in [0.25, 0.3) is 16.6 Å². The Morgan fingerprint density at radius 2 is 1.74 bits per heavy atom. The standard InChI is InChI=1S/C16H11BrN2/c1-11-15(10-18)14-4-2-3-5-16(14)19(11)13-8-6-12(17)7-9-13/h2-9H,1H3. The Bertz CT molecular complexity index is 792. The molecular weight excluding hydrogens is 300 g/mol. The minimum absolute atomic E-state index is 0.749. The molecule has 1 heterocycles. The fraction of sp³-hybridized carbons (Fsp3) is 0.0625. The van der Waals surface area contributed by atoms with Gasteiger partial charge >= 0.3 is 0 Å². The highest BCUT2D eigenvalue weighted by Gasteiger charge is 2.14. The first-order chi connectivity index (χ1) is 9.22. The van der Waals surface area contributed by atoms with Gasteiger partial charge in [0.05, 0.1) is 11.1 Å². The van der Waals surface area contributed by atoms with Gasteiger partial charge in [-0.3, -0.25) is 0 Å². The van der Waals surface area contributed by atoms with Crippen LogP contribution in [-0.4, -0.2) is 4.57 Å². The smallest absolute Gasteiger partial charge is 0.102 e. The molecule has 0 spiro atoms. The Hall–Kier alpha value is -2.05. The summed E-state index contributed by atoms with van der Waals surface area (Å²) in [5.74, 6) is 0. The van der Waals surface area contributed by atoms with Crippen LogP contribution >= 0.6 is 15.9 Å². The zero-order valence-electron chi connectivity index (χ0n) is 10.4. The van der Waals surface area contributed by atoms with Gasteiger partial charge < -0.3 is 4.57 Å². The van der Waals surface area contributed by atoms with E-state index >= 15 is 0 Å². The van der Waals surface area contributed by atoms with Crippen molar-refractivity contribution in [2.24, 2.45) is 0 Å². The first kappa shape index (κ1) is 12.0. The molecule has 3 rings (SSSR count). The molecule has 0 aliphatic heterocycles. The van der Waals surface area contributed by atoms with Gasteiger partial charge in [-0.2, -0.15) is 5.26 Å². The molecule has 0 radical (unpaired) electrons. The van der Waals surface area contributed by atoms with E-state index < -0.39 is 0 Å². The summed E-state index contributed by atoms with van der Waals surface area (Å²) in [4.78, 5) is 0. The third-order valence-electron chi connectivity index (χ3n) is 3.31. The maximum absolute atomic E-state index is 9.35. The second-order valence-electron chi connectivity index (χ2n) is 4.40. The van der Waals surface area contributed by atoms with E-state index in [1.165, 1.54) is 0 Å². The lowest BCUT2D eigenvalue weighted by Crippen LogP contribution is -1.96. The second kappa shape index (κ2) is 4.56. The summed E-state index contributed by atoms with van der Waals surface area (Å²) >= 11 is 3.44. The Kier molecular flexibility index (Phi) is 2.88. The Labute approximate surface area is 120 Å². The summed E-state index contributed by atoms with van der Waals surface area (Å²) in [6, 6.07) is 18.4. The average Bonchev–Trinajstić information content (AvgIpc) is 2.71. The fourth-order valence-electron chi connectivity index (χ4n) is 2.43. The monoisotopic (exact) mass is 310 g/mol. The number of nitriles is 1. The van der Waals surface area contributed by atoms with E-state index in [1.54, 1.807) is 0 Å². The minimum atomic E-state index is 0.749. The third-order valence-corrected chi connectivity index (χ3v) is 3.84. The average molecular weight is 311 g/mol. The molecule has 92 valence electrons. The molecule has 0 amide bonds. The lowest BCUT2D eigenvalue weighted by Gasteiger charge is -2.08. The fourth-order valence-corrected chi connectivity index (χ4v) is 2.70. The largest absolute Gasteiger partial charge is 0.313 e. The molecule has 0 saturated carbocycles. The van der Waals surface area contributed by atoms with Gasteiger partial charge in [0.25, 0.3) is 0 Å². The highest BCUT2D eigenvalue weighted by molar-refractivity contribution is 9.10. The molecule has 19 heavy (non-hydrogen) atoms. The molecule has 0 aliphatic rings. The molecule has 2 aromatic carbocycles. The van der Waals surface area contributed by atoms with Crippen molar-refractivity contribution >= 4 is 26.8 Å². The van der Waals surface area contributed by atoms with Crippen LogP contribution < -0.4 is 0 Å². The number of fused-ring (bicyclic) bond motifs is 1. The number of nitrogens with zero attached hydrogens (tertiary/aromatic N) is 2. The molecule has 0 atom stereocenters. The summed E-state index contributed by atoms with van der Waals surface area (Å²) in [7, 11) is 0. The van der Waals surface area contributed by atoms with Crippen molar-refractivity contribution in [3.8, 4) is 11.8 Å². The third kappa shape index (κ3) is 1.85.